The third kappa shape index (κ3) is 45.4. The second-order valence-electron chi connectivity index (χ2n) is 17.6. The van der Waals surface area contributed by atoms with E-state index in [4.69, 9.17) is 0 Å². The number of carbonyl (C=O) groups excluding carboxylic acids is 1. The fourth-order valence-corrected chi connectivity index (χ4v) is 7.81. The molecule has 0 aliphatic heterocycles. The third-order valence-electron chi connectivity index (χ3n) is 11.8. The van der Waals surface area contributed by atoms with Crippen LogP contribution in [0, 0.1) is 0 Å². The minimum Gasteiger partial charge on any atom is -0.394 e. The topological polar surface area (TPSA) is 69.6 Å². The van der Waals surface area contributed by atoms with Crippen molar-refractivity contribution in [2.75, 3.05) is 6.61 Å². The molecule has 0 aromatic rings. The van der Waals surface area contributed by atoms with Gasteiger partial charge in [0.15, 0.2) is 0 Å². The van der Waals surface area contributed by atoms with Crippen LogP contribution in [-0.2, 0) is 4.79 Å². The Bertz CT molecular complexity index is 923. The highest BCUT2D eigenvalue weighted by Crippen LogP contribution is 2.16. The standard InChI is InChI=1S/C54H101NO3/c1-3-5-7-9-11-13-15-17-19-21-22-23-24-25-26-27-28-29-30-31-32-34-36-38-40-42-44-46-48-50-54(58)55-52(51-56)53(57)49-47-45-43-41-39-37-35-33-20-18-16-14-12-10-8-6-4-2/h15,17,21-22,39,41,47,49,52-53,56-57H,3-14,16,18-20,23-38,40,42-46,48,50-51H2,1-2H3,(H,55,58)/b17-15-,22-21-,41-39+,49-47+. The Morgan fingerprint density at radius 3 is 1.10 bits per heavy atom. The maximum atomic E-state index is 12.4. The number of aliphatic hydroxyl groups is 2. The quantitative estimate of drug-likeness (QED) is 0.0423. The predicted molar refractivity (Wildman–Crippen MR) is 258 cm³/mol. The molecule has 2 atom stereocenters. The van der Waals surface area contributed by atoms with Gasteiger partial charge in [0.05, 0.1) is 18.8 Å². The number of carbonyl (C=O) groups is 1. The number of hydrogen-bond acceptors (Lipinski definition) is 3. The van der Waals surface area contributed by atoms with Gasteiger partial charge in [0.2, 0.25) is 5.91 Å². The SMILES string of the molecule is CCCCCCC/C=C\C/C=C\CCCCCCCCCCCCCCCCCCCC(=O)NC(CO)C(O)/C=C/CC/C=C/CCCCCCCCCCCCC. The van der Waals surface area contributed by atoms with Crippen LogP contribution < -0.4 is 5.32 Å². The third-order valence-corrected chi connectivity index (χ3v) is 11.8. The highest BCUT2D eigenvalue weighted by molar-refractivity contribution is 5.76. The van der Waals surface area contributed by atoms with E-state index in [0.717, 1.165) is 38.5 Å². The van der Waals surface area contributed by atoms with Gasteiger partial charge >= 0.3 is 0 Å². The molecule has 0 spiro atoms. The molecule has 0 heterocycles. The molecule has 3 N–H and O–H groups in total. The van der Waals surface area contributed by atoms with Gasteiger partial charge in [-0.05, 0) is 64.2 Å². The first-order chi connectivity index (χ1) is 28.7. The maximum Gasteiger partial charge on any atom is 0.220 e. The molecular formula is C54H101NO3. The first-order valence-corrected chi connectivity index (χ1v) is 25.9. The lowest BCUT2D eigenvalue weighted by atomic mass is 10.0. The molecule has 0 aliphatic carbocycles. The predicted octanol–water partition coefficient (Wildman–Crippen LogP) is 16.7. The van der Waals surface area contributed by atoms with Crippen molar-refractivity contribution in [3.63, 3.8) is 0 Å². The minimum atomic E-state index is -0.861. The normalized spacial score (nSPS) is 13.2. The van der Waals surface area contributed by atoms with Crippen LogP contribution >= 0.6 is 0 Å². The van der Waals surface area contributed by atoms with Gasteiger partial charge in [-0.3, -0.25) is 4.79 Å². The van der Waals surface area contributed by atoms with Gasteiger partial charge in [0, 0.05) is 6.42 Å². The van der Waals surface area contributed by atoms with Gasteiger partial charge in [-0.15, -0.1) is 0 Å². The van der Waals surface area contributed by atoms with Gasteiger partial charge in [-0.2, -0.15) is 0 Å². The molecule has 2 unspecified atom stereocenters. The lowest BCUT2D eigenvalue weighted by Crippen LogP contribution is -2.45. The van der Waals surface area contributed by atoms with Crippen molar-refractivity contribution in [3.05, 3.63) is 48.6 Å². The summed E-state index contributed by atoms with van der Waals surface area (Å²) in [4.78, 5) is 12.4. The number of allylic oxidation sites excluding steroid dienone is 7. The molecule has 0 radical (unpaired) electrons. The van der Waals surface area contributed by atoms with E-state index in [1.807, 2.05) is 6.08 Å². The monoisotopic (exact) mass is 812 g/mol. The van der Waals surface area contributed by atoms with E-state index in [0.29, 0.717) is 6.42 Å². The summed E-state index contributed by atoms with van der Waals surface area (Å²) < 4.78 is 0. The fraction of sp³-hybridized carbons (Fsp3) is 0.833. The summed E-state index contributed by atoms with van der Waals surface area (Å²) >= 11 is 0. The number of amides is 1. The molecule has 58 heavy (non-hydrogen) atoms. The van der Waals surface area contributed by atoms with E-state index in [1.165, 1.54) is 212 Å². The summed E-state index contributed by atoms with van der Waals surface area (Å²) in [6.07, 6.45) is 68.2. The number of unbranched alkanes of at least 4 members (excludes halogenated alkanes) is 34. The highest BCUT2D eigenvalue weighted by atomic mass is 16.3. The molecule has 0 aromatic heterocycles. The van der Waals surface area contributed by atoms with Crippen molar-refractivity contribution in [1.82, 2.24) is 5.32 Å². The van der Waals surface area contributed by atoms with Crippen LogP contribution in [0.5, 0.6) is 0 Å². The Morgan fingerprint density at radius 2 is 0.724 bits per heavy atom. The van der Waals surface area contributed by atoms with Crippen LogP contribution in [0.25, 0.3) is 0 Å². The van der Waals surface area contributed by atoms with E-state index < -0.39 is 12.1 Å². The molecule has 0 fully saturated rings. The molecular weight excluding hydrogens is 711 g/mol. The molecule has 0 rings (SSSR count). The van der Waals surface area contributed by atoms with E-state index in [2.05, 4.69) is 55.6 Å². The van der Waals surface area contributed by atoms with Gasteiger partial charge in [-0.1, -0.05) is 249 Å². The van der Waals surface area contributed by atoms with Crippen molar-refractivity contribution in [2.24, 2.45) is 0 Å². The number of nitrogens with one attached hydrogen (secondary N) is 1. The van der Waals surface area contributed by atoms with Gasteiger partial charge in [-0.25, -0.2) is 0 Å². The van der Waals surface area contributed by atoms with Crippen LogP contribution in [0.3, 0.4) is 0 Å². The zero-order chi connectivity index (χ0) is 42.1. The van der Waals surface area contributed by atoms with Crippen molar-refractivity contribution < 1.29 is 15.0 Å². The molecule has 1 amide bonds. The summed E-state index contributed by atoms with van der Waals surface area (Å²) in [5.74, 6) is -0.0716. The molecule has 4 heteroatoms. The fourth-order valence-electron chi connectivity index (χ4n) is 7.81. The average Bonchev–Trinajstić information content (AvgIpc) is 3.23. The van der Waals surface area contributed by atoms with E-state index in [-0.39, 0.29) is 12.5 Å². The summed E-state index contributed by atoms with van der Waals surface area (Å²) in [5, 5.41) is 23.1. The Balaban J connectivity index is 3.51. The van der Waals surface area contributed by atoms with Crippen LogP contribution in [0.1, 0.15) is 271 Å². The first-order valence-electron chi connectivity index (χ1n) is 25.9. The molecule has 0 bridgehead atoms. The van der Waals surface area contributed by atoms with Gasteiger partial charge in [0.25, 0.3) is 0 Å². The van der Waals surface area contributed by atoms with Crippen molar-refractivity contribution in [1.29, 1.82) is 0 Å². The zero-order valence-electron chi connectivity index (χ0n) is 39.1. The average molecular weight is 812 g/mol. The lowest BCUT2D eigenvalue weighted by Gasteiger charge is -2.19. The second-order valence-corrected chi connectivity index (χ2v) is 17.6. The van der Waals surface area contributed by atoms with Crippen LogP contribution in [-0.4, -0.2) is 34.9 Å². The van der Waals surface area contributed by atoms with Crippen LogP contribution in [0.2, 0.25) is 0 Å². The largest absolute Gasteiger partial charge is 0.394 e. The van der Waals surface area contributed by atoms with E-state index in [9.17, 15) is 15.0 Å². The maximum absolute atomic E-state index is 12.4. The molecule has 0 saturated carbocycles. The number of rotatable bonds is 47. The molecule has 4 nitrogen and oxygen atoms in total. The molecule has 340 valence electrons. The van der Waals surface area contributed by atoms with Crippen LogP contribution in [0.4, 0.5) is 0 Å². The van der Waals surface area contributed by atoms with E-state index >= 15 is 0 Å². The Kier molecular flexibility index (Phi) is 48.3. The van der Waals surface area contributed by atoms with Crippen molar-refractivity contribution in [2.45, 2.75) is 283 Å². The summed E-state index contributed by atoms with van der Waals surface area (Å²) in [7, 11) is 0. The smallest absolute Gasteiger partial charge is 0.220 e. The highest BCUT2D eigenvalue weighted by Gasteiger charge is 2.17. The summed E-state index contributed by atoms with van der Waals surface area (Å²) in [6.45, 7) is 4.30. The Morgan fingerprint density at radius 1 is 0.414 bits per heavy atom. The lowest BCUT2D eigenvalue weighted by molar-refractivity contribution is -0.123. The minimum absolute atomic E-state index is 0.0716. The molecule has 0 aliphatic rings. The van der Waals surface area contributed by atoms with Crippen LogP contribution in [0.15, 0.2) is 48.6 Å². The second kappa shape index (κ2) is 49.7. The first kappa shape index (κ1) is 56.4. The van der Waals surface area contributed by atoms with Gasteiger partial charge < -0.3 is 15.5 Å². The van der Waals surface area contributed by atoms with E-state index in [1.54, 1.807) is 6.08 Å². The number of hydrogen-bond donors (Lipinski definition) is 3. The zero-order valence-corrected chi connectivity index (χ0v) is 39.1. The molecule has 0 aromatic carbocycles. The summed E-state index contributed by atoms with van der Waals surface area (Å²) in [6, 6.07) is -0.638. The summed E-state index contributed by atoms with van der Waals surface area (Å²) in [5.41, 5.74) is 0. The number of aliphatic hydroxyl groups excluding tert-OH is 2. The molecule has 0 saturated heterocycles. The van der Waals surface area contributed by atoms with Crippen molar-refractivity contribution >= 4 is 5.91 Å². The Hall–Kier alpha value is -1.65. The Labute approximate surface area is 363 Å². The van der Waals surface area contributed by atoms with Crippen molar-refractivity contribution in [3.8, 4) is 0 Å². The van der Waals surface area contributed by atoms with Gasteiger partial charge in [0.1, 0.15) is 0 Å².